The van der Waals surface area contributed by atoms with Gasteiger partial charge in [-0.3, -0.25) is 0 Å². The Hall–Kier alpha value is -0.126. The fourth-order valence-electron chi connectivity index (χ4n) is 1.06. The maximum Gasteiger partial charge on any atom is 0.477 e. The number of rotatable bonds is 7. The first-order chi connectivity index (χ1) is 6.24. The van der Waals surface area contributed by atoms with Gasteiger partial charge in [-0.25, -0.2) is 0 Å². The van der Waals surface area contributed by atoms with Crippen LogP contribution in [0.2, 0.25) is 0 Å². The molecule has 3 nitrogen and oxygen atoms in total. The SMILES string of the molecule is C#C[SiH2][Si](OCC)(OCC)OCC. The topological polar surface area (TPSA) is 27.7 Å². The third kappa shape index (κ3) is 4.59. The molecule has 0 unspecified atom stereocenters. The van der Waals surface area contributed by atoms with Crippen molar-refractivity contribution < 1.29 is 13.3 Å². The van der Waals surface area contributed by atoms with Crippen LogP contribution in [0.3, 0.4) is 0 Å². The van der Waals surface area contributed by atoms with Crippen LogP contribution in [0.5, 0.6) is 0 Å². The Bertz CT molecular complexity index is 150. The first-order valence-electron chi connectivity index (χ1n) is 4.60. The zero-order valence-electron chi connectivity index (χ0n) is 8.63. The van der Waals surface area contributed by atoms with Crippen molar-refractivity contribution in [3.05, 3.63) is 0 Å². The minimum atomic E-state index is -2.39. The van der Waals surface area contributed by atoms with E-state index in [2.05, 4.69) is 5.54 Å². The Kier molecular flexibility index (Phi) is 7.22. The molecule has 0 saturated carbocycles. The van der Waals surface area contributed by atoms with Crippen molar-refractivity contribution in [3.8, 4) is 12.0 Å². The van der Waals surface area contributed by atoms with E-state index in [-0.39, 0.29) is 0 Å². The molecule has 0 aliphatic heterocycles. The number of hydrogen-bond acceptors (Lipinski definition) is 3. The first-order valence-corrected chi connectivity index (χ1v) is 9.36. The molecule has 0 aromatic heterocycles. The van der Waals surface area contributed by atoms with Gasteiger partial charge in [0.2, 0.25) is 0 Å². The summed E-state index contributed by atoms with van der Waals surface area (Å²) >= 11 is 0. The van der Waals surface area contributed by atoms with E-state index < -0.39 is 17.4 Å². The van der Waals surface area contributed by atoms with Gasteiger partial charge in [-0.05, 0) is 20.8 Å². The molecular formula is C8H18O3Si2. The lowest BCUT2D eigenvalue weighted by Gasteiger charge is -2.26. The molecule has 0 amide bonds. The summed E-state index contributed by atoms with van der Waals surface area (Å²) in [6.07, 6.45) is 5.31. The van der Waals surface area contributed by atoms with Crippen LogP contribution in [-0.4, -0.2) is 37.2 Å². The molecule has 0 bridgehead atoms. The maximum atomic E-state index is 5.56. The molecular weight excluding hydrogens is 200 g/mol. The van der Waals surface area contributed by atoms with Gasteiger partial charge in [0.05, 0.1) is 0 Å². The molecule has 0 heterocycles. The van der Waals surface area contributed by atoms with E-state index >= 15 is 0 Å². The highest BCUT2D eigenvalue weighted by molar-refractivity contribution is 7.17. The second kappa shape index (κ2) is 7.29. The number of hydrogen-bond donors (Lipinski definition) is 0. The van der Waals surface area contributed by atoms with E-state index in [9.17, 15) is 0 Å². The smallest absolute Gasteiger partial charge is 0.376 e. The molecule has 0 aromatic rings. The zero-order valence-corrected chi connectivity index (χ0v) is 11.0. The van der Waals surface area contributed by atoms with Gasteiger partial charge < -0.3 is 13.3 Å². The summed E-state index contributed by atoms with van der Waals surface area (Å²) in [6.45, 7) is 7.64. The van der Waals surface area contributed by atoms with Crippen LogP contribution in [-0.2, 0) is 13.3 Å². The predicted octanol–water partition coefficient (Wildman–Crippen LogP) is 0.291. The van der Waals surface area contributed by atoms with Crippen LogP contribution >= 0.6 is 0 Å². The highest BCUT2D eigenvalue weighted by Crippen LogP contribution is 2.07. The van der Waals surface area contributed by atoms with Crippen LogP contribution in [0.4, 0.5) is 0 Å². The van der Waals surface area contributed by atoms with Crippen LogP contribution < -0.4 is 0 Å². The lowest BCUT2D eigenvalue weighted by atomic mass is 10.9. The molecule has 13 heavy (non-hydrogen) atoms. The van der Waals surface area contributed by atoms with Crippen LogP contribution in [0.25, 0.3) is 0 Å². The fraction of sp³-hybridized carbons (Fsp3) is 0.750. The van der Waals surface area contributed by atoms with Crippen molar-refractivity contribution in [3.63, 3.8) is 0 Å². The van der Waals surface area contributed by atoms with Crippen molar-refractivity contribution in [1.29, 1.82) is 0 Å². The highest BCUT2D eigenvalue weighted by atomic mass is 29.2. The van der Waals surface area contributed by atoms with Gasteiger partial charge in [0.1, 0.15) is 0 Å². The fourth-order valence-corrected chi connectivity index (χ4v) is 6.69. The lowest BCUT2D eigenvalue weighted by Crippen LogP contribution is -2.52. The second-order valence-corrected chi connectivity index (χ2v) is 9.02. The Morgan fingerprint density at radius 1 is 1.08 bits per heavy atom. The average molecular weight is 218 g/mol. The molecule has 76 valence electrons. The molecule has 0 N–H and O–H groups in total. The summed E-state index contributed by atoms with van der Waals surface area (Å²) in [5.74, 6) is 0. The first kappa shape index (κ1) is 12.9. The Labute approximate surface area is 83.7 Å². The van der Waals surface area contributed by atoms with Crippen molar-refractivity contribution in [1.82, 2.24) is 0 Å². The van der Waals surface area contributed by atoms with Gasteiger partial charge in [0, 0.05) is 19.8 Å². The largest absolute Gasteiger partial charge is 0.477 e. The van der Waals surface area contributed by atoms with Gasteiger partial charge in [-0.1, -0.05) is 0 Å². The minimum Gasteiger partial charge on any atom is -0.376 e. The molecule has 0 saturated heterocycles. The van der Waals surface area contributed by atoms with Crippen molar-refractivity contribution in [2.45, 2.75) is 20.8 Å². The molecule has 0 fully saturated rings. The maximum absolute atomic E-state index is 5.56. The normalized spacial score (nSPS) is 12.2. The Balaban J connectivity index is 4.29. The van der Waals surface area contributed by atoms with Crippen molar-refractivity contribution >= 4 is 17.4 Å². The van der Waals surface area contributed by atoms with Gasteiger partial charge in [0.15, 0.2) is 9.04 Å². The van der Waals surface area contributed by atoms with Crippen molar-refractivity contribution in [2.75, 3.05) is 19.8 Å². The summed E-state index contributed by atoms with van der Waals surface area (Å²) in [4.78, 5) is 0. The molecule has 0 spiro atoms. The third-order valence-corrected chi connectivity index (χ3v) is 7.98. The summed E-state index contributed by atoms with van der Waals surface area (Å²) in [6, 6.07) is 0. The van der Waals surface area contributed by atoms with Gasteiger partial charge >= 0.3 is 8.32 Å². The molecule has 0 radical (unpaired) electrons. The Morgan fingerprint density at radius 2 is 1.46 bits per heavy atom. The Morgan fingerprint density at radius 3 is 1.69 bits per heavy atom. The molecule has 0 rings (SSSR count). The van der Waals surface area contributed by atoms with Gasteiger partial charge in [-0.2, -0.15) is 0 Å². The molecule has 0 aliphatic carbocycles. The summed E-state index contributed by atoms with van der Waals surface area (Å²) < 4.78 is 16.7. The second-order valence-electron chi connectivity index (χ2n) is 2.36. The summed E-state index contributed by atoms with van der Waals surface area (Å²) in [5, 5.41) is 0. The third-order valence-electron chi connectivity index (χ3n) is 1.41. The quantitative estimate of drug-likeness (QED) is 0.454. The van der Waals surface area contributed by atoms with Gasteiger partial charge in [-0.15, -0.1) is 12.0 Å². The van der Waals surface area contributed by atoms with E-state index in [4.69, 9.17) is 19.7 Å². The standard InChI is InChI=1S/C8H18O3Si2/c1-5-9-13(10-6-2,11-7-3)12-8-4/h4H,5-7,12H2,1-3H3. The molecule has 0 aliphatic rings. The predicted molar refractivity (Wildman–Crippen MR) is 58.0 cm³/mol. The molecule has 0 aromatic carbocycles. The monoisotopic (exact) mass is 218 g/mol. The van der Waals surface area contributed by atoms with Crippen LogP contribution in [0.15, 0.2) is 0 Å². The molecule has 0 atom stereocenters. The van der Waals surface area contributed by atoms with E-state index in [0.717, 1.165) is 0 Å². The van der Waals surface area contributed by atoms with E-state index in [0.29, 0.717) is 19.8 Å². The van der Waals surface area contributed by atoms with Crippen LogP contribution in [0, 0.1) is 12.0 Å². The van der Waals surface area contributed by atoms with Gasteiger partial charge in [0.25, 0.3) is 0 Å². The summed E-state index contributed by atoms with van der Waals surface area (Å²) in [7, 11) is -3.20. The van der Waals surface area contributed by atoms with Crippen molar-refractivity contribution in [2.24, 2.45) is 0 Å². The average Bonchev–Trinajstić information content (AvgIpc) is 2.06. The van der Waals surface area contributed by atoms with Crippen LogP contribution in [0.1, 0.15) is 20.8 Å². The lowest BCUT2D eigenvalue weighted by molar-refractivity contribution is 0.0934. The highest BCUT2D eigenvalue weighted by Gasteiger charge is 2.39. The minimum absolute atomic E-state index is 0.612. The summed E-state index contributed by atoms with van der Waals surface area (Å²) in [5.41, 5.74) is 2.69. The van der Waals surface area contributed by atoms with E-state index in [1.165, 1.54) is 0 Å². The molecule has 5 heteroatoms. The zero-order chi connectivity index (χ0) is 10.2. The van der Waals surface area contributed by atoms with E-state index in [1.54, 1.807) is 0 Å². The number of terminal acetylenes is 1. The van der Waals surface area contributed by atoms with E-state index in [1.807, 2.05) is 20.8 Å².